The molecule has 4 heteroatoms. The largest absolute Gasteiger partial charge is 0.417 e. The van der Waals surface area contributed by atoms with E-state index in [0.29, 0.717) is 16.8 Å². The van der Waals surface area contributed by atoms with Gasteiger partial charge < -0.3 is 10.2 Å². The first kappa shape index (κ1) is 8.11. The predicted octanol–water partition coefficient (Wildman–Crippen LogP) is 1.86. The summed E-state index contributed by atoms with van der Waals surface area (Å²) in [7, 11) is 0. The molecule has 3 N–H and O–H groups in total. The van der Waals surface area contributed by atoms with Crippen molar-refractivity contribution in [2.75, 3.05) is 5.73 Å². The lowest BCUT2D eigenvalue weighted by Gasteiger charge is -2.01. The predicted molar refractivity (Wildman–Crippen MR) is 58.8 cm³/mol. The fourth-order valence-electron chi connectivity index (χ4n) is 1.82. The van der Waals surface area contributed by atoms with Gasteiger partial charge in [-0.25, -0.2) is 4.79 Å². The lowest BCUT2D eigenvalue weighted by molar-refractivity contribution is 0.555. The van der Waals surface area contributed by atoms with Gasteiger partial charge in [0.1, 0.15) is 0 Å². The van der Waals surface area contributed by atoms with E-state index in [0.717, 1.165) is 10.8 Å². The monoisotopic (exact) mass is 200 g/mol. The Morgan fingerprint density at radius 3 is 2.93 bits per heavy atom. The molecule has 0 aliphatic carbocycles. The van der Waals surface area contributed by atoms with Gasteiger partial charge in [0, 0.05) is 11.1 Å². The van der Waals surface area contributed by atoms with E-state index in [1.165, 1.54) is 0 Å². The van der Waals surface area contributed by atoms with Crippen molar-refractivity contribution in [2.45, 2.75) is 0 Å². The molecule has 0 radical (unpaired) electrons. The third-order valence-electron chi connectivity index (χ3n) is 2.47. The van der Waals surface area contributed by atoms with E-state index < -0.39 is 5.76 Å². The van der Waals surface area contributed by atoms with Gasteiger partial charge in [-0.3, -0.25) is 4.98 Å². The zero-order valence-corrected chi connectivity index (χ0v) is 7.78. The lowest BCUT2D eigenvalue weighted by atomic mass is 10.1. The number of hydrogen-bond donors (Lipinski definition) is 2. The van der Waals surface area contributed by atoms with Crippen LogP contribution < -0.4 is 11.5 Å². The van der Waals surface area contributed by atoms with Gasteiger partial charge in [0.05, 0.1) is 5.52 Å². The number of oxazole rings is 1. The average molecular weight is 200 g/mol. The molecule has 0 atom stereocenters. The average Bonchev–Trinajstić information content (AvgIpc) is 2.58. The molecule has 0 aliphatic rings. The highest BCUT2D eigenvalue weighted by atomic mass is 16.4. The van der Waals surface area contributed by atoms with Crippen LogP contribution in [0.2, 0.25) is 0 Å². The molecule has 0 unspecified atom stereocenters. The minimum atomic E-state index is -0.458. The first-order valence-electron chi connectivity index (χ1n) is 4.56. The van der Waals surface area contributed by atoms with Gasteiger partial charge in [0.15, 0.2) is 5.58 Å². The van der Waals surface area contributed by atoms with E-state index in [1.54, 1.807) is 12.1 Å². The number of aromatic amines is 1. The topological polar surface area (TPSA) is 72.0 Å². The minimum Gasteiger partial charge on any atom is -0.408 e. The summed E-state index contributed by atoms with van der Waals surface area (Å²) >= 11 is 0. The van der Waals surface area contributed by atoms with Gasteiger partial charge in [-0.15, -0.1) is 0 Å². The van der Waals surface area contributed by atoms with Gasteiger partial charge >= 0.3 is 5.76 Å². The van der Waals surface area contributed by atoms with Crippen molar-refractivity contribution in [3.8, 4) is 0 Å². The van der Waals surface area contributed by atoms with Crippen LogP contribution in [0, 0.1) is 0 Å². The van der Waals surface area contributed by atoms with E-state index >= 15 is 0 Å². The van der Waals surface area contributed by atoms with Crippen LogP contribution in [-0.4, -0.2) is 4.98 Å². The Hall–Kier alpha value is -2.23. The Morgan fingerprint density at radius 1 is 1.20 bits per heavy atom. The van der Waals surface area contributed by atoms with E-state index in [-0.39, 0.29) is 0 Å². The molecule has 0 saturated carbocycles. The maximum absolute atomic E-state index is 11.1. The maximum Gasteiger partial charge on any atom is 0.417 e. The van der Waals surface area contributed by atoms with Gasteiger partial charge in [0.2, 0.25) is 0 Å². The molecule has 15 heavy (non-hydrogen) atoms. The van der Waals surface area contributed by atoms with Crippen molar-refractivity contribution in [1.29, 1.82) is 0 Å². The van der Waals surface area contributed by atoms with Crippen LogP contribution in [-0.2, 0) is 0 Å². The van der Waals surface area contributed by atoms with Crippen molar-refractivity contribution < 1.29 is 4.42 Å². The molecule has 74 valence electrons. The van der Waals surface area contributed by atoms with E-state index in [1.807, 2.05) is 18.2 Å². The van der Waals surface area contributed by atoms with E-state index in [2.05, 4.69) is 4.98 Å². The summed E-state index contributed by atoms with van der Waals surface area (Å²) in [5.41, 5.74) is 7.70. The molecule has 1 aromatic heterocycles. The Morgan fingerprint density at radius 2 is 2.07 bits per heavy atom. The summed E-state index contributed by atoms with van der Waals surface area (Å²) in [4.78, 5) is 13.7. The first-order valence-corrected chi connectivity index (χ1v) is 4.56. The molecule has 0 saturated heterocycles. The van der Waals surface area contributed by atoms with Crippen LogP contribution in [0.4, 0.5) is 5.69 Å². The Balaban J connectivity index is 2.68. The number of H-pyrrole nitrogens is 1. The van der Waals surface area contributed by atoms with Crippen molar-refractivity contribution in [1.82, 2.24) is 4.98 Å². The van der Waals surface area contributed by atoms with Gasteiger partial charge in [-0.2, -0.15) is 0 Å². The highest BCUT2D eigenvalue weighted by Crippen LogP contribution is 2.27. The highest BCUT2D eigenvalue weighted by molar-refractivity contribution is 6.09. The molecular formula is C11H8N2O2. The number of nitrogens with one attached hydrogen (secondary N) is 1. The number of rotatable bonds is 0. The molecule has 0 bridgehead atoms. The second-order valence-electron chi connectivity index (χ2n) is 3.40. The van der Waals surface area contributed by atoms with Crippen LogP contribution in [0.3, 0.4) is 0 Å². The third-order valence-corrected chi connectivity index (χ3v) is 2.47. The first-order chi connectivity index (χ1) is 7.25. The number of nitrogens with two attached hydrogens (primary N) is 1. The number of hydrogen-bond acceptors (Lipinski definition) is 3. The zero-order valence-electron chi connectivity index (χ0n) is 7.78. The van der Waals surface area contributed by atoms with Crippen LogP contribution in [0.25, 0.3) is 21.9 Å². The lowest BCUT2D eigenvalue weighted by Crippen LogP contribution is -1.94. The molecule has 2 aromatic carbocycles. The van der Waals surface area contributed by atoms with Crippen LogP contribution in [0.1, 0.15) is 0 Å². The van der Waals surface area contributed by atoms with Gasteiger partial charge in [0.25, 0.3) is 0 Å². The minimum absolute atomic E-state index is 0.458. The normalized spacial score (nSPS) is 11.2. The number of nitrogen functional groups attached to an aromatic ring is 1. The Bertz CT molecular complexity index is 709. The van der Waals surface area contributed by atoms with Crippen molar-refractivity contribution >= 4 is 27.6 Å². The van der Waals surface area contributed by atoms with Crippen LogP contribution in [0.5, 0.6) is 0 Å². The highest BCUT2D eigenvalue weighted by Gasteiger charge is 2.07. The maximum atomic E-state index is 11.1. The molecule has 0 spiro atoms. The summed E-state index contributed by atoms with van der Waals surface area (Å²) < 4.78 is 4.96. The summed E-state index contributed by atoms with van der Waals surface area (Å²) in [6.45, 7) is 0. The van der Waals surface area contributed by atoms with Crippen molar-refractivity contribution in [3.63, 3.8) is 0 Å². The summed E-state index contributed by atoms with van der Waals surface area (Å²) in [6, 6.07) is 9.26. The quantitative estimate of drug-likeness (QED) is 0.544. The number of anilines is 1. The fourth-order valence-corrected chi connectivity index (χ4v) is 1.82. The number of benzene rings is 2. The zero-order chi connectivity index (χ0) is 10.4. The molecule has 4 nitrogen and oxygen atoms in total. The van der Waals surface area contributed by atoms with E-state index in [9.17, 15) is 4.79 Å². The molecule has 0 fully saturated rings. The van der Waals surface area contributed by atoms with E-state index in [4.69, 9.17) is 10.2 Å². The van der Waals surface area contributed by atoms with Gasteiger partial charge in [-0.1, -0.05) is 18.2 Å². The fraction of sp³-hybridized carbons (Fsp3) is 0. The van der Waals surface area contributed by atoms with Crippen molar-refractivity contribution in [2.24, 2.45) is 0 Å². The third kappa shape index (κ3) is 1.05. The molecular weight excluding hydrogens is 192 g/mol. The molecule has 1 heterocycles. The molecule has 3 rings (SSSR count). The smallest absolute Gasteiger partial charge is 0.408 e. The standard InChI is InChI=1S/C11H8N2O2/c12-7-3-1-2-6-4-5-8-10(9(6)7)13-11(14)15-8/h1-5H,12H2,(H,13,14). The van der Waals surface area contributed by atoms with Crippen LogP contribution in [0.15, 0.2) is 39.5 Å². The van der Waals surface area contributed by atoms with Crippen LogP contribution >= 0.6 is 0 Å². The molecule has 0 aliphatic heterocycles. The summed E-state index contributed by atoms with van der Waals surface area (Å²) in [5.74, 6) is -0.458. The SMILES string of the molecule is Nc1cccc2ccc3oc(=O)[nH]c3c12. The van der Waals surface area contributed by atoms with Crippen molar-refractivity contribution in [3.05, 3.63) is 40.9 Å². The molecule has 3 aromatic rings. The Labute approximate surface area is 84.3 Å². The second kappa shape index (κ2) is 2.63. The number of fused-ring (bicyclic) bond motifs is 3. The summed E-state index contributed by atoms with van der Waals surface area (Å²) in [5, 5.41) is 1.82. The molecule has 0 amide bonds. The summed E-state index contributed by atoms with van der Waals surface area (Å²) in [6.07, 6.45) is 0. The number of aromatic nitrogens is 1. The Kier molecular flexibility index (Phi) is 1.42. The van der Waals surface area contributed by atoms with Gasteiger partial charge in [-0.05, 0) is 17.5 Å². The second-order valence-corrected chi connectivity index (χ2v) is 3.40.